The topological polar surface area (TPSA) is 185 Å². The zero-order chi connectivity index (χ0) is 44.9. The van der Waals surface area contributed by atoms with Crippen LogP contribution in [0.5, 0.6) is 11.5 Å². The first-order chi connectivity index (χ1) is 28.6. The van der Waals surface area contributed by atoms with Crippen molar-refractivity contribution < 1.29 is 57.5 Å². The SMILES string of the molecule is CO[C@H]1C=CO[C@@]2(C)Oc3c(C)c(O)c4c(c3C2=O)C(=O)C(Nc2cccc(C)c2)=C(NC(=O)C(C)=CC=C[C@H](C)[C@H]2OC(C)(C)O[C@@H]([C@H](C)[C@H](OC(C)=O)[C@@H]1C)[C@@H]2C)C4=O. The Morgan fingerprint density at radius 1 is 0.885 bits per heavy atom. The third kappa shape index (κ3) is 8.53. The van der Waals surface area contributed by atoms with E-state index in [1.165, 1.54) is 34.1 Å². The predicted molar refractivity (Wildman–Crippen MR) is 225 cm³/mol. The minimum atomic E-state index is -2.06. The van der Waals surface area contributed by atoms with Gasteiger partial charge in [-0.3, -0.25) is 24.0 Å². The number of phenolic OH excluding ortho intramolecular Hbond substituents is 1. The number of aromatic hydroxyl groups is 1. The summed E-state index contributed by atoms with van der Waals surface area (Å²) in [6.45, 7) is 19.1. The number of carbonyl (C=O) groups excluding carboxylic acids is 5. The average molecular weight is 841 g/mol. The van der Waals surface area contributed by atoms with Crippen LogP contribution in [0.1, 0.15) is 105 Å². The molecule has 7 bridgehead atoms. The number of amides is 1. The fourth-order valence-electron chi connectivity index (χ4n) is 8.76. The second-order valence-corrected chi connectivity index (χ2v) is 17.1. The van der Waals surface area contributed by atoms with Gasteiger partial charge < -0.3 is 44.2 Å². The number of rotatable bonds is 4. The van der Waals surface area contributed by atoms with E-state index >= 15 is 0 Å². The molecule has 1 aliphatic carbocycles. The molecule has 1 saturated heterocycles. The van der Waals surface area contributed by atoms with E-state index in [2.05, 4.69) is 10.6 Å². The van der Waals surface area contributed by atoms with Gasteiger partial charge in [0.25, 0.3) is 11.7 Å². The number of Topliss-reactive ketones (excluding diaryl/α,β-unsaturated/α-hetero) is 3. The van der Waals surface area contributed by atoms with Crippen LogP contribution in [0.2, 0.25) is 0 Å². The highest BCUT2D eigenvalue weighted by Gasteiger charge is 2.53. The summed E-state index contributed by atoms with van der Waals surface area (Å²) in [7, 11) is 1.50. The van der Waals surface area contributed by atoms with Crippen LogP contribution in [0.3, 0.4) is 0 Å². The van der Waals surface area contributed by atoms with E-state index in [9.17, 15) is 29.1 Å². The molecule has 2 aromatic carbocycles. The average Bonchev–Trinajstić information content (AvgIpc) is 3.46. The molecule has 0 unspecified atom stereocenters. The van der Waals surface area contributed by atoms with E-state index in [-0.39, 0.29) is 52.0 Å². The summed E-state index contributed by atoms with van der Waals surface area (Å²) in [6.07, 6.45) is 5.77. The second kappa shape index (κ2) is 17.1. The van der Waals surface area contributed by atoms with Gasteiger partial charge in [0.2, 0.25) is 11.6 Å². The Bertz CT molecular complexity index is 2290. The molecule has 0 aromatic heterocycles. The number of ether oxygens (including phenoxy) is 6. The van der Waals surface area contributed by atoms with Crippen LogP contribution in [-0.4, -0.2) is 77.4 Å². The number of anilines is 1. The molecule has 7 rings (SSSR count). The molecule has 14 nitrogen and oxygen atoms in total. The number of benzene rings is 2. The smallest absolute Gasteiger partial charge is 0.312 e. The van der Waals surface area contributed by atoms with Crippen molar-refractivity contribution in [1.29, 1.82) is 0 Å². The zero-order valence-corrected chi connectivity index (χ0v) is 36.8. The first-order valence-corrected chi connectivity index (χ1v) is 20.5. The number of hydrogen-bond donors (Lipinski definition) is 3. The van der Waals surface area contributed by atoms with E-state index in [1.807, 2.05) is 60.6 Å². The molecule has 0 radical (unpaired) electrons. The van der Waals surface area contributed by atoms with Crippen LogP contribution in [-0.2, 0) is 33.3 Å². The van der Waals surface area contributed by atoms with Gasteiger partial charge >= 0.3 is 11.8 Å². The number of allylic oxidation sites excluding steroid dienone is 4. The van der Waals surface area contributed by atoms with E-state index in [0.717, 1.165) is 5.56 Å². The molecule has 326 valence electrons. The summed E-state index contributed by atoms with van der Waals surface area (Å²) in [5.74, 6) is -8.76. The number of esters is 1. The van der Waals surface area contributed by atoms with Crippen LogP contribution in [0, 0.1) is 37.5 Å². The maximum atomic E-state index is 14.8. The van der Waals surface area contributed by atoms with Gasteiger partial charge in [-0.2, -0.15) is 0 Å². The van der Waals surface area contributed by atoms with Crippen LogP contribution in [0.4, 0.5) is 5.69 Å². The highest BCUT2D eigenvalue weighted by atomic mass is 16.7. The summed E-state index contributed by atoms with van der Waals surface area (Å²) in [5.41, 5.74) is -0.358. The minimum absolute atomic E-state index is 0.0107. The van der Waals surface area contributed by atoms with Crippen LogP contribution < -0.4 is 15.4 Å². The summed E-state index contributed by atoms with van der Waals surface area (Å²) >= 11 is 0. The number of carbonyl (C=O) groups is 5. The maximum Gasteiger partial charge on any atom is 0.312 e. The van der Waals surface area contributed by atoms with Crippen molar-refractivity contribution in [1.82, 2.24) is 5.32 Å². The summed E-state index contributed by atoms with van der Waals surface area (Å²) in [6, 6.07) is 7.03. The Morgan fingerprint density at radius 3 is 2.23 bits per heavy atom. The number of phenols is 1. The summed E-state index contributed by atoms with van der Waals surface area (Å²) in [5, 5.41) is 17.2. The second-order valence-electron chi connectivity index (χ2n) is 17.1. The number of methoxy groups -OCH3 is 1. The van der Waals surface area contributed by atoms with Gasteiger partial charge in [-0.25, -0.2) is 0 Å². The lowest BCUT2D eigenvalue weighted by Gasteiger charge is -2.50. The highest BCUT2D eigenvalue weighted by molar-refractivity contribution is 6.33. The first-order valence-electron chi connectivity index (χ1n) is 20.5. The molecule has 1 fully saturated rings. The van der Waals surface area contributed by atoms with E-state index < -0.39 is 87.6 Å². The molecule has 14 heteroatoms. The van der Waals surface area contributed by atoms with Crippen molar-refractivity contribution in [3.8, 4) is 11.5 Å². The Kier molecular flexibility index (Phi) is 12.6. The predicted octanol–water partition coefficient (Wildman–Crippen LogP) is 7.18. The molecular formula is C47H56N2O12. The van der Waals surface area contributed by atoms with Gasteiger partial charge in [0.05, 0.1) is 41.3 Å². The largest absolute Gasteiger partial charge is 0.507 e. The molecule has 0 saturated carbocycles. The Balaban J connectivity index is 1.51. The standard InChI is InChI=1S/C47H56N2O12/c1-22-15-13-18-30(21-22)48-35-36-39(53)33-32(38(35)52)34-43(26(5)37(33)51)61-47(11,44(34)54)57-20-19-31(56-12)25(4)41(58-29(8)50)28(7)42-27(6)40(59-46(9,10)60-42)23(2)16-14-17-24(3)45(55)49-36/h13-21,23,25,27-28,31,40-42,48,51H,1-12H3,(H,49,55)/t23-,25+,27+,28+,31-,40+,41+,42+,47-/m0/s1. The van der Waals surface area contributed by atoms with Gasteiger partial charge in [0.15, 0.2) is 5.79 Å². The van der Waals surface area contributed by atoms with Crippen molar-refractivity contribution in [3.05, 3.63) is 99.6 Å². The number of nitrogens with one attached hydrogen (secondary N) is 2. The molecule has 61 heavy (non-hydrogen) atoms. The zero-order valence-electron chi connectivity index (χ0n) is 36.8. The van der Waals surface area contributed by atoms with Crippen molar-refractivity contribution in [3.63, 3.8) is 0 Å². The lowest BCUT2D eigenvalue weighted by Crippen LogP contribution is -2.56. The molecule has 9 atom stereocenters. The number of fused-ring (bicyclic) bond motifs is 10. The fourth-order valence-corrected chi connectivity index (χ4v) is 8.76. The van der Waals surface area contributed by atoms with E-state index in [1.54, 1.807) is 43.4 Å². The van der Waals surface area contributed by atoms with Crippen molar-refractivity contribution in [2.45, 2.75) is 112 Å². The number of ketones is 3. The molecule has 1 amide bonds. The molecule has 4 heterocycles. The van der Waals surface area contributed by atoms with Gasteiger partial charge in [-0.15, -0.1) is 0 Å². The monoisotopic (exact) mass is 840 g/mol. The van der Waals surface area contributed by atoms with Crippen molar-refractivity contribution in [2.24, 2.45) is 23.7 Å². The van der Waals surface area contributed by atoms with E-state index in [4.69, 9.17) is 28.4 Å². The minimum Gasteiger partial charge on any atom is -0.507 e. The summed E-state index contributed by atoms with van der Waals surface area (Å²) < 4.78 is 37.1. The number of hydrogen-bond acceptors (Lipinski definition) is 13. The Morgan fingerprint density at radius 2 is 1.57 bits per heavy atom. The molecule has 3 N–H and O–H groups in total. The lowest BCUT2D eigenvalue weighted by atomic mass is 9.77. The highest BCUT2D eigenvalue weighted by Crippen LogP contribution is 2.49. The maximum absolute atomic E-state index is 14.8. The third-order valence-corrected chi connectivity index (χ3v) is 12.0. The van der Waals surface area contributed by atoms with Crippen LogP contribution >= 0.6 is 0 Å². The van der Waals surface area contributed by atoms with Crippen molar-refractivity contribution in [2.75, 3.05) is 12.4 Å². The molecule has 5 aliphatic rings. The number of aryl methyl sites for hydroxylation is 1. The molecular weight excluding hydrogens is 785 g/mol. The first kappa shape index (κ1) is 45.0. The third-order valence-electron chi connectivity index (χ3n) is 12.0. The molecule has 4 aliphatic heterocycles. The molecule has 0 spiro atoms. The van der Waals surface area contributed by atoms with Crippen LogP contribution in [0.15, 0.2) is 71.8 Å². The Labute approximate surface area is 356 Å². The van der Waals surface area contributed by atoms with Crippen LogP contribution in [0.25, 0.3) is 0 Å². The van der Waals surface area contributed by atoms with Gasteiger partial charge in [-0.1, -0.05) is 58.1 Å². The van der Waals surface area contributed by atoms with Gasteiger partial charge in [-0.05, 0) is 58.4 Å². The summed E-state index contributed by atoms with van der Waals surface area (Å²) in [4.78, 5) is 70.3. The van der Waals surface area contributed by atoms with E-state index in [0.29, 0.717) is 5.69 Å². The quantitative estimate of drug-likeness (QED) is 0.264. The van der Waals surface area contributed by atoms with Gasteiger partial charge in [0, 0.05) is 61.5 Å². The fraction of sp³-hybridized carbons (Fsp3) is 0.468. The molecule has 2 aromatic rings. The van der Waals surface area contributed by atoms with Gasteiger partial charge in [0.1, 0.15) is 29.0 Å². The Hall–Kier alpha value is -5.57. The normalized spacial score (nSPS) is 30.3. The lowest BCUT2D eigenvalue weighted by molar-refractivity contribution is -0.336. The van der Waals surface area contributed by atoms with Crippen molar-refractivity contribution >= 4 is 34.9 Å².